The third-order valence-corrected chi connectivity index (χ3v) is 7.41. The average molecular weight is 501 g/mol. The van der Waals surface area contributed by atoms with Crippen molar-refractivity contribution in [2.75, 3.05) is 72.9 Å². The minimum absolute atomic E-state index is 0.00620. The van der Waals surface area contributed by atoms with Crippen molar-refractivity contribution in [2.45, 2.75) is 30.5 Å². The van der Waals surface area contributed by atoms with Crippen LogP contribution in [0.5, 0.6) is 0 Å². The minimum Gasteiger partial charge on any atom is -0.378 e. The first kappa shape index (κ1) is 23.2. The van der Waals surface area contributed by atoms with E-state index in [1.165, 1.54) is 0 Å². The smallest absolute Gasteiger partial charge is 0.286 e. The SMILES string of the molecule is NC1(C(=O)N2CCN(c3cc(N4CCOCC4)nc(C4(C(F)F)Nc5ccccc5N4)n3)CC2)CC1. The molecule has 0 atom stereocenters. The number of carbonyl (C=O) groups is 1. The molecule has 1 aromatic heterocycles. The van der Waals surface area contributed by atoms with E-state index in [0.29, 0.717) is 75.5 Å². The molecule has 1 aliphatic carbocycles. The van der Waals surface area contributed by atoms with E-state index >= 15 is 0 Å². The lowest BCUT2D eigenvalue weighted by atomic mass is 10.1. The van der Waals surface area contributed by atoms with Crippen molar-refractivity contribution in [1.29, 1.82) is 0 Å². The monoisotopic (exact) mass is 500 g/mol. The van der Waals surface area contributed by atoms with Crippen LogP contribution < -0.4 is 26.2 Å². The molecule has 4 aliphatic rings. The van der Waals surface area contributed by atoms with Crippen LogP contribution in [0.15, 0.2) is 30.3 Å². The molecule has 192 valence electrons. The van der Waals surface area contributed by atoms with Gasteiger partial charge in [-0.3, -0.25) is 4.79 Å². The molecule has 1 saturated carbocycles. The Bertz CT molecular complexity index is 1120. The maximum absolute atomic E-state index is 14.7. The number of halogens is 2. The topological polar surface area (TPSA) is 112 Å². The molecule has 0 radical (unpaired) electrons. The fourth-order valence-corrected chi connectivity index (χ4v) is 4.99. The molecule has 2 saturated heterocycles. The Morgan fingerprint density at radius 1 is 0.944 bits per heavy atom. The van der Waals surface area contributed by atoms with E-state index in [9.17, 15) is 13.6 Å². The first-order valence-corrected chi connectivity index (χ1v) is 12.4. The van der Waals surface area contributed by atoms with Crippen LogP contribution in [0.25, 0.3) is 0 Å². The summed E-state index contributed by atoms with van der Waals surface area (Å²) in [5.74, 6) is 1.11. The van der Waals surface area contributed by atoms with Gasteiger partial charge < -0.3 is 35.8 Å². The molecule has 10 nitrogen and oxygen atoms in total. The number of anilines is 4. The molecule has 12 heteroatoms. The standard InChI is InChI=1S/C24H30F2N8O2/c25-20(26)24(30-16-3-1-2-4-17(16)31-24)21-28-18(15-19(29-21)33-11-13-36-14-12-33)32-7-9-34(10-8-32)22(35)23(27)5-6-23/h1-4,15,20,30-31H,5-14,27H2. The van der Waals surface area contributed by atoms with E-state index in [4.69, 9.17) is 10.5 Å². The second-order valence-corrected chi connectivity index (χ2v) is 9.85. The molecule has 0 unspecified atom stereocenters. The van der Waals surface area contributed by atoms with Gasteiger partial charge in [-0.1, -0.05) is 12.1 Å². The van der Waals surface area contributed by atoms with E-state index in [2.05, 4.69) is 20.6 Å². The molecule has 4 N–H and O–H groups in total. The number of nitrogens with zero attached hydrogens (tertiary/aromatic N) is 5. The van der Waals surface area contributed by atoms with Crippen molar-refractivity contribution >= 4 is 28.9 Å². The van der Waals surface area contributed by atoms with Crippen LogP contribution >= 0.6 is 0 Å². The molecule has 3 fully saturated rings. The Morgan fingerprint density at radius 2 is 1.50 bits per heavy atom. The van der Waals surface area contributed by atoms with Crippen LogP contribution in [0.2, 0.25) is 0 Å². The Balaban J connectivity index is 1.33. The van der Waals surface area contributed by atoms with Crippen LogP contribution in [0.4, 0.5) is 31.8 Å². The number of carbonyl (C=O) groups excluding carboxylic acids is 1. The molecule has 1 aromatic carbocycles. The third kappa shape index (κ3) is 3.97. The number of para-hydroxylation sites is 2. The zero-order valence-corrected chi connectivity index (χ0v) is 19.9. The lowest BCUT2D eigenvalue weighted by Gasteiger charge is -2.38. The predicted octanol–water partition coefficient (Wildman–Crippen LogP) is 1.41. The quantitative estimate of drug-likeness (QED) is 0.561. The highest BCUT2D eigenvalue weighted by Crippen LogP contribution is 2.42. The number of piperazine rings is 1. The van der Waals surface area contributed by atoms with E-state index in [0.717, 1.165) is 12.8 Å². The maximum atomic E-state index is 14.7. The molecular weight excluding hydrogens is 470 g/mol. The summed E-state index contributed by atoms with van der Waals surface area (Å²) in [6, 6.07) is 8.93. The summed E-state index contributed by atoms with van der Waals surface area (Å²) in [5.41, 5.74) is 4.59. The number of aromatic nitrogens is 2. The second-order valence-electron chi connectivity index (χ2n) is 9.85. The Kier molecular flexibility index (Phi) is 5.60. The van der Waals surface area contributed by atoms with Gasteiger partial charge in [-0.2, -0.15) is 0 Å². The molecule has 6 rings (SSSR count). The first-order chi connectivity index (χ1) is 17.4. The number of ether oxygens (including phenoxy) is 1. The summed E-state index contributed by atoms with van der Waals surface area (Å²) < 4.78 is 35.0. The third-order valence-electron chi connectivity index (χ3n) is 7.41. The number of amides is 1. The van der Waals surface area contributed by atoms with Gasteiger partial charge in [-0.05, 0) is 25.0 Å². The summed E-state index contributed by atoms with van der Waals surface area (Å²) in [6.07, 6.45) is -1.38. The predicted molar refractivity (Wildman–Crippen MR) is 131 cm³/mol. The largest absolute Gasteiger partial charge is 0.378 e. The van der Waals surface area contributed by atoms with Gasteiger partial charge in [0, 0.05) is 45.3 Å². The van der Waals surface area contributed by atoms with E-state index < -0.39 is 17.6 Å². The molecule has 4 heterocycles. The van der Waals surface area contributed by atoms with Crippen LogP contribution in [0.1, 0.15) is 18.7 Å². The van der Waals surface area contributed by atoms with Gasteiger partial charge in [-0.15, -0.1) is 0 Å². The Labute approximate surface area is 207 Å². The van der Waals surface area contributed by atoms with Crippen LogP contribution in [-0.2, 0) is 15.2 Å². The maximum Gasteiger partial charge on any atom is 0.286 e. The van der Waals surface area contributed by atoms with Gasteiger partial charge >= 0.3 is 0 Å². The highest BCUT2D eigenvalue weighted by atomic mass is 19.3. The number of hydrogen-bond donors (Lipinski definition) is 3. The summed E-state index contributed by atoms with van der Waals surface area (Å²) in [6.45, 7) is 4.38. The fraction of sp³-hybridized carbons (Fsp3) is 0.542. The normalized spacial score (nSPS) is 22.2. The number of rotatable bonds is 5. The molecule has 3 aliphatic heterocycles. The van der Waals surface area contributed by atoms with E-state index in [-0.39, 0.29) is 11.7 Å². The Morgan fingerprint density at radius 3 is 2.03 bits per heavy atom. The lowest BCUT2D eigenvalue weighted by molar-refractivity contribution is -0.133. The van der Waals surface area contributed by atoms with Crippen molar-refractivity contribution in [3.63, 3.8) is 0 Å². The van der Waals surface area contributed by atoms with Gasteiger partial charge in [0.1, 0.15) is 11.6 Å². The molecule has 2 aromatic rings. The van der Waals surface area contributed by atoms with Crippen LogP contribution in [0.3, 0.4) is 0 Å². The number of nitrogens with two attached hydrogens (primary N) is 1. The van der Waals surface area contributed by atoms with Gasteiger partial charge in [0.25, 0.3) is 6.43 Å². The lowest BCUT2D eigenvalue weighted by Crippen LogP contribution is -2.54. The van der Waals surface area contributed by atoms with Gasteiger partial charge in [0.2, 0.25) is 11.6 Å². The molecule has 1 amide bonds. The van der Waals surface area contributed by atoms with Gasteiger partial charge in [0.05, 0.1) is 30.1 Å². The first-order valence-electron chi connectivity index (χ1n) is 12.4. The number of hydrogen-bond acceptors (Lipinski definition) is 9. The molecule has 0 spiro atoms. The van der Waals surface area contributed by atoms with Crippen LogP contribution in [-0.4, -0.2) is 85.2 Å². The van der Waals surface area contributed by atoms with Crippen molar-refractivity contribution in [2.24, 2.45) is 5.73 Å². The summed E-state index contributed by atoms with van der Waals surface area (Å²) in [7, 11) is 0. The zero-order valence-electron chi connectivity index (χ0n) is 19.9. The van der Waals surface area contributed by atoms with Crippen molar-refractivity contribution in [3.8, 4) is 0 Å². The van der Waals surface area contributed by atoms with Crippen molar-refractivity contribution < 1.29 is 18.3 Å². The number of nitrogens with one attached hydrogen (secondary N) is 2. The highest BCUT2D eigenvalue weighted by Gasteiger charge is 2.50. The molecule has 36 heavy (non-hydrogen) atoms. The number of fused-ring (bicyclic) bond motifs is 1. The highest BCUT2D eigenvalue weighted by molar-refractivity contribution is 5.89. The molecular formula is C24H30F2N8O2. The fourth-order valence-electron chi connectivity index (χ4n) is 4.99. The zero-order chi connectivity index (χ0) is 24.9. The summed E-state index contributed by atoms with van der Waals surface area (Å²) >= 11 is 0. The van der Waals surface area contributed by atoms with Gasteiger partial charge in [0.15, 0.2) is 5.82 Å². The summed E-state index contributed by atoms with van der Waals surface area (Å²) in [5, 5.41) is 5.91. The minimum atomic E-state index is -2.83. The average Bonchev–Trinajstić information content (AvgIpc) is 3.54. The van der Waals surface area contributed by atoms with Crippen LogP contribution in [0, 0.1) is 0 Å². The van der Waals surface area contributed by atoms with Crippen molar-refractivity contribution in [1.82, 2.24) is 14.9 Å². The number of alkyl halides is 2. The second kappa shape index (κ2) is 8.70. The van der Waals surface area contributed by atoms with Gasteiger partial charge in [-0.25, -0.2) is 18.7 Å². The molecule has 0 bridgehead atoms. The van der Waals surface area contributed by atoms with E-state index in [1.54, 1.807) is 29.2 Å². The number of benzene rings is 1. The number of morpholine rings is 1. The summed E-state index contributed by atoms with van der Waals surface area (Å²) in [4.78, 5) is 27.8. The van der Waals surface area contributed by atoms with E-state index in [1.807, 2.05) is 15.9 Å². The van der Waals surface area contributed by atoms with Crippen molar-refractivity contribution in [3.05, 3.63) is 36.2 Å². The Hall–Kier alpha value is -3.25.